The molecule has 2 N–H and O–H groups in total. The summed E-state index contributed by atoms with van der Waals surface area (Å²) in [7, 11) is 0. The molecule has 0 radical (unpaired) electrons. The third-order valence-electron chi connectivity index (χ3n) is 2.85. The van der Waals surface area contributed by atoms with Gasteiger partial charge in [0, 0.05) is 31.2 Å². The maximum Gasteiger partial charge on any atom is 0.126 e. The maximum absolute atomic E-state index is 13.0. The molecule has 82 valence electrons. The van der Waals surface area contributed by atoms with Gasteiger partial charge in [-0.3, -0.25) is 4.90 Å². The average molecular weight is 212 g/mol. The third kappa shape index (κ3) is 2.16. The molecule has 0 aliphatic carbocycles. The first kappa shape index (κ1) is 10.5. The number of nitrogens with two attached hydrogens (primary N) is 1. The Bertz CT molecular complexity index is 341. The van der Waals surface area contributed by atoms with Crippen LogP contribution < -0.4 is 5.73 Å². The van der Waals surface area contributed by atoms with Crippen LogP contribution in [0.4, 0.5) is 8.78 Å². The van der Waals surface area contributed by atoms with Gasteiger partial charge >= 0.3 is 0 Å². The average Bonchev–Trinajstić information content (AvgIpc) is 2.10. The highest BCUT2D eigenvalue weighted by atomic mass is 19.1. The Morgan fingerprint density at radius 3 is 2.27 bits per heavy atom. The van der Waals surface area contributed by atoms with E-state index in [0.29, 0.717) is 5.56 Å². The van der Waals surface area contributed by atoms with Crippen molar-refractivity contribution in [3.8, 4) is 0 Å². The summed E-state index contributed by atoms with van der Waals surface area (Å²) in [4.78, 5) is 2.10. The van der Waals surface area contributed by atoms with E-state index < -0.39 is 11.6 Å². The molecule has 1 aliphatic heterocycles. The van der Waals surface area contributed by atoms with Crippen LogP contribution in [0.15, 0.2) is 18.2 Å². The lowest BCUT2D eigenvalue weighted by atomic mass is 10.0. The molecule has 0 bridgehead atoms. The zero-order valence-electron chi connectivity index (χ0n) is 8.58. The van der Waals surface area contributed by atoms with Crippen molar-refractivity contribution >= 4 is 0 Å². The van der Waals surface area contributed by atoms with Gasteiger partial charge in [-0.25, -0.2) is 8.78 Å². The van der Waals surface area contributed by atoms with Crippen molar-refractivity contribution in [2.75, 3.05) is 13.1 Å². The predicted octanol–water partition coefficient (Wildman–Crippen LogP) is 1.67. The molecule has 1 unspecified atom stereocenters. The van der Waals surface area contributed by atoms with Gasteiger partial charge in [-0.15, -0.1) is 0 Å². The van der Waals surface area contributed by atoms with Crippen molar-refractivity contribution in [2.24, 2.45) is 5.73 Å². The van der Waals surface area contributed by atoms with Crippen LogP contribution in [0.5, 0.6) is 0 Å². The Morgan fingerprint density at radius 2 is 1.80 bits per heavy atom. The summed E-state index contributed by atoms with van der Waals surface area (Å²) < 4.78 is 25.9. The van der Waals surface area contributed by atoms with Gasteiger partial charge < -0.3 is 5.73 Å². The standard InChI is InChI=1S/C11H14F2N2/c1-7(15-5-11(14)6-15)8-2-9(12)4-10(13)3-8/h2-4,7,11H,5-6,14H2,1H3. The number of hydrogen-bond acceptors (Lipinski definition) is 2. The number of benzene rings is 1. The molecule has 1 aromatic carbocycles. The number of nitrogens with zero attached hydrogens (tertiary/aromatic N) is 1. The van der Waals surface area contributed by atoms with E-state index >= 15 is 0 Å². The van der Waals surface area contributed by atoms with Gasteiger partial charge in [-0.05, 0) is 24.6 Å². The Kier molecular flexibility index (Phi) is 2.71. The van der Waals surface area contributed by atoms with E-state index in [1.807, 2.05) is 6.92 Å². The number of rotatable bonds is 2. The van der Waals surface area contributed by atoms with Gasteiger partial charge in [0.2, 0.25) is 0 Å². The van der Waals surface area contributed by atoms with Gasteiger partial charge in [-0.2, -0.15) is 0 Å². The highest BCUT2D eigenvalue weighted by Crippen LogP contribution is 2.25. The van der Waals surface area contributed by atoms with E-state index in [9.17, 15) is 8.78 Å². The Balaban J connectivity index is 2.14. The Labute approximate surface area is 87.7 Å². The molecule has 1 heterocycles. The highest BCUT2D eigenvalue weighted by molar-refractivity contribution is 5.21. The van der Waals surface area contributed by atoms with Crippen LogP contribution in [0.2, 0.25) is 0 Å². The van der Waals surface area contributed by atoms with Crippen molar-refractivity contribution in [3.05, 3.63) is 35.4 Å². The quantitative estimate of drug-likeness (QED) is 0.808. The minimum Gasteiger partial charge on any atom is -0.325 e. The summed E-state index contributed by atoms with van der Waals surface area (Å²) in [6.07, 6.45) is 0. The van der Waals surface area contributed by atoms with Crippen LogP contribution in [-0.2, 0) is 0 Å². The van der Waals surface area contributed by atoms with E-state index in [2.05, 4.69) is 4.90 Å². The van der Waals surface area contributed by atoms with Gasteiger partial charge in [0.25, 0.3) is 0 Å². The highest BCUT2D eigenvalue weighted by Gasteiger charge is 2.28. The summed E-state index contributed by atoms with van der Waals surface area (Å²) in [5.74, 6) is -1.05. The van der Waals surface area contributed by atoms with Crippen LogP contribution in [0.25, 0.3) is 0 Å². The van der Waals surface area contributed by atoms with E-state index in [0.717, 1.165) is 19.2 Å². The maximum atomic E-state index is 13.0. The molecule has 2 rings (SSSR count). The number of halogens is 2. The van der Waals surface area contributed by atoms with Gasteiger partial charge in [0.15, 0.2) is 0 Å². The lowest BCUT2D eigenvalue weighted by Gasteiger charge is -2.41. The molecule has 1 fully saturated rings. The summed E-state index contributed by atoms with van der Waals surface area (Å²) >= 11 is 0. The normalized spacial score (nSPS) is 20.0. The third-order valence-corrected chi connectivity index (χ3v) is 2.85. The summed E-state index contributed by atoms with van der Waals surface area (Å²) in [5, 5.41) is 0. The van der Waals surface area contributed by atoms with Crippen LogP contribution in [0.1, 0.15) is 18.5 Å². The predicted molar refractivity (Wildman–Crippen MR) is 54.3 cm³/mol. The zero-order chi connectivity index (χ0) is 11.0. The monoisotopic (exact) mass is 212 g/mol. The van der Waals surface area contributed by atoms with E-state index in [1.54, 1.807) is 0 Å². The molecular weight excluding hydrogens is 198 g/mol. The van der Waals surface area contributed by atoms with E-state index in [-0.39, 0.29) is 12.1 Å². The van der Waals surface area contributed by atoms with E-state index in [1.165, 1.54) is 12.1 Å². The van der Waals surface area contributed by atoms with Crippen molar-refractivity contribution in [1.29, 1.82) is 0 Å². The summed E-state index contributed by atoms with van der Waals surface area (Å²) in [5.41, 5.74) is 6.32. The van der Waals surface area contributed by atoms with Crippen molar-refractivity contribution in [3.63, 3.8) is 0 Å². The molecule has 1 aromatic rings. The van der Waals surface area contributed by atoms with Crippen molar-refractivity contribution in [2.45, 2.75) is 19.0 Å². The molecule has 15 heavy (non-hydrogen) atoms. The molecule has 4 heteroatoms. The Hall–Kier alpha value is -1.00. The molecule has 1 atom stereocenters. The van der Waals surface area contributed by atoms with Crippen molar-refractivity contribution < 1.29 is 8.78 Å². The fourth-order valence-corrected chi connectivity index (χ4v) is 1.89. The fraction of sp³-hybridized carbons (Fsp3) is 0.455. The minimum absolute atomic E-state index is 0.0231. The van der Waals surface area contributed by atoms with Crippen LogP contribution >= 0.6 is 0 Å². The molecule has 1 saturated heterocycles. The molecule has 0 aromatic heterocycles. The van der Waals surface area contributed by atoms with Crippen LogP contribution in [0.3, 0.4) is 0 Å². The second-order valence-corrected chi connectivity index (χ2v) is 4.09. The summed E-state index contributed by atoms with van der Waals surface area (Å²) in [6, 6.07) is 3.86. The second kappa shape index (κ2) is 3.87. The van der Waals surface area contributed by atoms with Gasteiger partial charge in [0.1, 0.15) is 11.6 Å². The second-order valence-electron chi connectivity index (χ2n) is 4.09. The SMILES string of the molecule is CC(c1cc(F)cc(F)c1)N1CC(N)C1. The Morgan fingerprint density at radius 1 is 1.27 bits per heavy atom. The molecule has 0 saturated carbocycles. The molecule has 0 spiro atoms. The van der Waals surface area contributed by atoms with Crippen molar-refractivity contribution in [1.82, 2.24) is 4.90 Å². The topological polar surface area (TPSA) is 29.3 Å². The number of likely N-dealkylation sites (tertiary alicyclic amines) is 1. The molecule has 0 amide bonds. The zero-order valence-corrected chi connectivity index (χ0v) is 8.58. The molecule has 1 aliphatic rings. The largest absolute Gasteiger partial charge is 0.325 e. The van der Waals surface area contributed by atoms with Gasteiger partial charge in [-0.1, -0.05) is 0 Å². The molecular formula is C11H14F2N2. The lowest BCUT2D eigenvalue weighted by Crippen LogP contribution is -2.56. The minimum atomic E-state index is -0.526. The van der Waals surface area contributed by atoms with Crippen LogP contribution in [0, 0.1) is 11.6 Å². The van der Waals surface area contributed by atoms with Gasteiger partial charge in [0.05, 0.1) is 0 Å². The van der Waals surface area contributed by atoms with E-state index in [4.69, 9.17) is 5.73 Å². The molecule has 2 nitrogen and oxygen atoms in total. The lowest BCUT2D eigenvalue weighted by molar-refractivity contribution is 0.103. The first-order chi connectivity index (χ1) is 7.06. The number of hydrogen-bond donors (Lipinski definition) is 1. The smallest absolute Gasteiger partial charge is 0.126 e. The van der Waals surface area contributed by atoms with Crippen LogP contribution in [-0.4, -0.2) is 24.0 Å². The summed E-state index contributed by atoms with van der Waals surface area (Å²) in [6.45, 7) is 3.51. The fourth-order valence-electron chi connectivity index (χ4n) is 1.89. The first-order valence-electron chi connectivity index (χ1n) is 5.02. The first-order valence-corrected chi connectivity index (χ1v) is 5.02.